The minimum atomic E-state index is -1.56. The molecular formula is C51H99NO8. The third-order valence-electron chi connectivity index (χ3n) is 12.6. The number of carbonyl (C=O) groups excluding carboxylic acids is 1. The van der Waals surface area contributed by atoms with Crippen molar-refractivity contribution in [2.75, 3.05) is 13.2 Å². The molecule has 60 heavy (non-hydrogen) atoms. The molecule has 0 bridgehead atoms. The van der Waals surface area contributed by atoms with Crippen LogP contribution in [-0.2, 0) is 14.3 Å². The highest BCUT2D eigenvalue weighted by Gasteiger charge is 2.44. The largest absolute Gasteiger partial charge is 0.394 e. The van der Waals surface area contributed by atoms with Gasteiger partial charge in [0.05, 0.1) is 25.4 Å². The molecule has 9 heteroatoms. The first kappa shape index (κ1) is 56.9. The van der Waals surface area contributed by atoms with Gasteiger partial charge in [-0.05, 0) is 19.3 Å². The van der Waals surface area contributed by atoms with Crippen LogP contribution in [0.25, 0.3) is 0 Å². The van der Waals surface area contributed by atoms with E-state index in [0.29, 0.717) is 6.42 Å². The Kier molecular flexibility index (Phi) is 39.8. The highest BCUT2D eigenvalue weighted by molar-refractivity contribution is 5.76. The van der Waals surface area contributed by atoms with Crippen LogP contribution in [0.15, 0.2) is 12.2 Å². The molecule has 1 rings (SSSR count). The summed E-state index contributed by atoms with van der Waals surface area (Å²) in [6, 6.07) is -0.798. The van der Waals surface area contributed by atoms with E-state index in [9.17, 15) is 30.3 Å². The third-order valence-corrected chi connectivity index (χ3v) is 12.6. The predicted molar refractivity (Wildman–Crippen MR) is 249 cm³/mol. The van der Waals surface area contributed by atoms with Crippen molar-refractivity contribution < 1.29 is 39.8 Å². The van der Waals surface area contributed by atoms with Crippen molar-refractivity contribution in [3.05, 3.63) is 12.2 Å². The molecule has 1 amide bonds. The predicted octanol–water partition coefficient (Wildman–Crippen LogP) is 11.7. The molecule has 7 unspecified atom stereocenters. The minimum Gasteiger partial charge on any atom is -0.394 e. The van der Waals surface area contributed by atoms with Gasteiger partial charge >= 0.3 is 0 Å². The number of carbonyl (C=O) groups is 1. The number of ether oxygens (including phenoxy) is 2. The van der Waals surface area contributed by atoms with Crippen LogP contribution in [0.4, 0.5) is 0 Å². The summed E-state index contributed by atoms with van der Waals surface area (Å²) >= 11 is 0. The van der Waals surface area contributed by atoms with Crippen molar-refractivity contribution in [2.45, 2.75) is 294 Å². The van der Waals surface area contributed by atoms with E-state index in [2.05, 4.69) is 19.2 Å². The van der Waals surface area contributed by atoms with Crippen molar-refractivity contribution in [3.63, 3.8) is 0 Å². The Balaban J connectivity index is 2.23. The van der Waals surface area contributed by atoms with Gasteiger partial charge in [0.2, 0.25) is 5.91 Å². The molecule has 6 N–H and O–H groups in total. The van der Waals surface area contributed by atoms with E-state index in [1.54, 1.807) is 6.08 Å². The Bertz CT molecular complexity index is 950. The highest BCUT2D eigenvalue weighted by atomic mass is 16.7. The lowest BCUT2D eigenvalue weighted by Gasteiger charge is -2.40. The fourth-order valence-corrected chi connectivity index (χ4v) is 8.45. The molecule has 0 aromatic carbocycles. The maximum atomic E-state index is 12.9. The zero-order valence-corrected chi connectivity index (χ0v) is 39.2. The zero-order chi connectivity index (χ0) is 43.7. The summed E-state index contributed by atoms with van der Waals surface area (Å²) in [5.74, 6) is -0.174. The van der Waals surface area contributed by atoms with Crippen LogP contribution in [-0.4, -0.2) is 87.5 Å². The standard InChI is InChI=1S/C51H99NO8/c1-3-5-7-9-11-13-15-17-18-19-20-21-22-23-24-25-26-27-28-29-30-32-34-36-38-40-45(54)44(43-59-51-50(58)49(57)48(56)46(42-53)60-51)52-47(55)41-39-37-35-33-31-16-14-12-10-8-6-4-2/h38,40,44-46,48-51,53-54,56-58H,3-37,39,41-43H2,1-2H3,(H,52,55)/b40-38+. The van der Waals surface area contributed by atoms with Gasteiger partial charge in [-0.3, -0.25) is 4.79 Å². The number of hydrogen-bond acceptors (Lipinski definition) is 8. The Hall–Kier alpha value is -1.07. The molecule has 0 aromatic heterocycles. The Morgan fingerprint density at radius 1 is 0.550 bits per heavy atom. The lowest BCUT2D eigenvalue weighted by molar-refractivity contribution is -0.302. The van der Waals surface area contributed by atoms with Gasteiger partial charge < -0.3 is 40.3 Å². The molecule has 356 valence electrons. The summed E-state index contributed by atoms with van der Waals surface area (Å²) in [7, 11) is 0. The van der Waals surface area contributed by atoms with Gasteiger partial charge in [0.1, 0.15) is 24.4 Å². The second-order valence-electron chi connectivity index (χ2n) is 18.3. The molecule has 0 aliphatic carbocycles. The summed E-state index contributed by atoms with van der Waals surface area (Å²) in [5.41, 5.74) is 0. The first-order valence-corrected chi connectivity index (χ1v) is 25.9. The highest BCUT2D eigenvalue weighted by Crippen LogP contribution is 2.23. The molecule has 1 fully saturated rings. The Labute approximate surface area is 369 Å². The van der Waals surface area contributed by atoms with Gasteiger partial charge in [-0.15, -0.1) is 0 Å². The molecule has 1 aliphatic heterocycles. The SMILES string of the molecule is CCCCCCCCCCCCCCCCCCCCCCCCC/C=C/C(O)C(COC1OC(CO)C(O)C(O)C1O)NC(=O)CCCCCCCCCCCCCC. The number of aliphatic hydroxyl groups is 5. The van der Waals surface area contributed by atoms with Crippen LogP contribution < -0.4 is 5.32 Å². The Morgan fingerprint density at radius 2 is 0.917 bits per heavy atom. The van der Waals surface area contributed by atoms with Crippen molar-refractivity contribution in [1.82, 2.24) is 5.32 Å². The smallest absolute Gasteiger partial charge is 0.220 e. The first-order valence-electron chi connectivity index (χ1n) is 25.9. The maximum Gasteiger partial charge on any atom is 0.220 e. The number of hydrogen-bond donors (Lipinski definition) is 6. The molecule has 1 saturated heterocycles. The molecule has 9 nitrogen and oxygen atoms in total. The van der Waals surface area contributed by atoms with Gasteiger partial charge in [0, 0.05) is 6.42 Å². The van der Waals surface area contributed by atoms with Gasteiger partial charge in [-0.25, -0.2) is 0 Å². The lowest BCUT2D eigenvalue weighted by Crippen LogP contribution is -2.60. The number of unbranched alkanes of at least 4 members (excludes halogenated alkanes) is 34. The van der Waals surface area contributed by atoms with E-state index in [1.807, 2.05) is 6.08 Å². The van der Waals surface area contributed by atoms with E-state index in [4.69, 9.17) is 9.47 Å². The van der Waals surface area contributed by atoms with E-state index in [0.717, 1.165) is 38.5 Å². The molecule has 7 atom stereocenters. The summed E-state index contributed by atoms with van der Waals surface area (Å²) in [4.78, 5) is 12.9. The molecule has 0 saturated carbocycles. The second kappa shape index (κ2) is 41.9. The normalized spacial score (nSPS) is 20.6. The fraction of sp³-hybridized carbons (Fsp3) is 0.941. The third kappa shape index (κ3) is 31.7. The van der Waals surface area contributed by atoms with Gasteiger partial charge in [-0.2, -0.15) is 0 Å². The van der Waals surface area contributed by atoms with E-state index in [-0.39, 0.29) is 12.5 Å². The van der Waals surface area contributed by atoms with Crippen molar-refractivity contribution in [3.8, 4) is 0 Å². The quantitative estimate of drug-likeness (QED) is 0.0262. The van der Waals surface area contributed by atoms with Gasteiger partial charge in [0.25, 0.3) is 0 Å². The molecule has 0 aromatic rings. The lowest BCUT2D eigenvalue weighted by atomic mass is 9.99. The topological polar surface area (TPSA) is 149 Å². The number of rotatable bonds is 44. The van der Waals surface area contributed by atoms with Gasteiger partial charge in [0.15, 0.2) is 6.29 Å². The zero-order valence-electron chi connectivity index (χ0n) is 39.2. The van der Waals surface area contributed by atoms with Crippen LogP contribution in [0.1, 0.15) is 251 Å². The van der Waals surface area contributed by atoms with Crippen molar-refractivity contribution in [1.29, 1.82) is 0 Å². The minimum absolute atomic E-state index is 0.174. The number of nitrogens with one attached hydrogen (secondary N) is 1. The van der Waals surface area contributed by atoms with Crippen LogP contribution in [0.5, 0.6) is 0 Å². The van der Waals surface area contributed by atoms with Crippen LogP contribution >= 0.6 is 0 Å². The average molecular weight is 854 g/mol. The summed E-state index contributed by atoms with van der Waals surface area (Å²) in [6.45, 7) is 3.79. The summed E-state index contributed by atoms with van der Waals surface area (Å²) in [6.07, 6.45) is 42.7. The van der Waals surface area contributed by atoms with E-state index >= 15 is 0 Å². The summed E-state index contributed by atoms with van der Waals surface area (Å²) in [5, 5.41) is 54.3. The van der Waals surface area contributed by atoms with Gasteiger partial charge in [-0.1, -0.05) is 238 Å². The number of amides is 1. The van der Waals surface area contributed by atoms with Crippen LogP contribution in [0.2, 0.25) is 0 Å². The molecule has 1 heterocycles. The molecule has 0 spiro atoms. The van der Waals surface area contributed by atoms with E-state index in [1.165, 1.54) is 193 Å². The van der Waals surface area contributed by atoms with Crippen molar-refractivity contribution >= 4 is 5.91 Å². The molecular weight excluding hydrogens is 755 g/mol. The summed E-state index contributed by atoms with van der Waals surface area (Å²) < 4.78 is 11.2. The first-order chi connectivity index (χ1) is 29.3. The number of allylic oxidation sites excluding steroid dienone is 1. The monoisotopic (exact) mass is 854 g/mol. The average Bonchev–Trinajstić information content (AvgIpc) is 3.25. The second-order valence-corrected chi connectivity index (χ2v) is 18.3. The van der Waals surface area contributed by atoms with Crippen LogP contribution in [0.3, 0.4) is 0 Å². The van der Waals surface area contributed by atoms with E-state index < -0.39 is 49.5 Å². The number of aliphatic hydroxyl groups excluding tert-OH is 5. The molecule has 0 radical (unpaired) electrons. The fourth-order valence-electron chi connectivity index (χ4n) is 8.45. The molecule has 1 aliphatic rings. The maximum absolute atomic E-state index is 12.9. The Morgan fingerprint density at radius 3 is 1.30 bits per heavy atom. The van der Waals surface area contributed by atoms with Crippen molar-refractivity contribution in [2.24, 2.45) is 0 Å². The van der Waals surface area contributed by atoms with Crippen LogP contribution in [0, 0.1) is 0 Å².